The van der Waals surface area contributed by atoms with Gasteiger partial charge in [0, 0.05) is 13.1 Å². The fourth-order valence-electron chi connectivity index (χ4n) is 2.32. The van der Waals surface area contributed by atoms with E-state index in [2.05, 4.69) is 12.1 Å². The molecule has 22 heavy (non-hydrogen) atoms. The average Bonchev–Trinajstić information content (AvgIpc) is 2.50. The van der Waals surface area contributed by atoms with Crippen molar-refractivity contribution >= 4 is 11.8 Å². The van der Waals surface area contributed by atoms with Gasteiger partial charge in [-0.05, 0) is 30.7 Å². The van der Waals surface area contributed by atoms with Crippen molar-refractivity contribution in [3.8, 4) is 0 Å². The SMILES string of the molecule is CC(C)CN(CCCCc1ccccc1)C(=O)CC(=O)NO. The predicted molar refractivity (Wildman–Crippen MR) is 85.3 cm³/mol. The molecule has 0 atom stereocenters. The second-order valence-corrected chi connectivity index (χ2v) is 5.89. The van der Waals surface area contributed by atoms with Crippen molar-refractivity contribution in [2.24, 2.45) is 5.92 Å². The third-order valence-corrected chi connectivity index (χ3v) is 3.36. The van der Waals surface area contributed by atoms with E-state index in [0.29, 0.717) is 19.0 Å². The molecular weight excluding hydrogens is 280 g/mol. The minimum absolute atomic E-state index is 0.236. The Balaban J connectivity index is 2.40. The quantitative estimate of drug-likeness (QED) is 0.318. The minimum atomic E-state index is -0.664. The van der Waals surface area contributed by atoms with Crippen molar-refractivity contribution in [2.75, 3.05) is 13.1 Å². The van der Waals surface area contributed by atoms with Crippen LogP contribution in [0.25, 0.3) is 0 Å². The van der Waals surface area contributed by atoms with Gasteiger partial charge < -0.3 is 4.90 Å². The van der Waals surface area contributed by atoms with Crippen molar-refractivity contribution in [3.05, 3.63) is 35.9 Å². The van der Waals surface area contributed by atoms with Gasteiger partial charge in [-0.3, -0.25) is 14.8 Å². The van der Waals surface area contributed by atoms with Gasteiger partial charge in [-0.15, -0.1) is 0 Å². The van der Waals surface area contributed by atoms with Gasteiger partial charge in [0.05, 0.1) is 0 Å². The maximum Gasteiger partial charge on any atom is 0.252 e. The van der Waals surface area contributed by atoms with E-state index in [1.165, 1.54) is 11.0 Å². The molecule has 0 aliphatic rings. The molecule has 2 amide bonds. The second kappa shape index (κ2) is 9.95. The van der Waals surface area contributed by atoms with E-state index in [4.69, 9.17) is 5.21 Å². The molecule has 0 unspecified atom stereocenters. The monoisotopic (exact) mass is 306 g/mol. The Hall–Kier alpha value is -1.88. The first-order valence-corrected chi connectivity index (χ1v) is 7.77. The summed E-state index contributed by atoms with van der Waals surface area (Å²) in [5.74, 6) is -0.557. The van der Waals surface area contributed by atoms with Crippen molar-refractivity contribution in [3.63, 3.8) is 0 Å². The molecule has 5 nitrogen and oxygen atoms in total. The molecule has 1 aromatic rings. The second-order valence-electron chi connectivity index (χ2n) is 5.89. The van der Waals surface area contributed by atoms with Gasteiger partial charge in [-0.1, -0.05) is 44.2 Å². The Morgan fingerprint density at radius 3 is 2.45 bits per heavy atom. The highest BCUT2D eigenvalue weighted by Gasteiger charge is 2.17. The molecular formula is C17H26N2O3. The Bertz CT molecular complexity index is 460. The van der Waals surface area contributed by atoms with Crippen LogP contribution in [0.15, 0.2) is 30.3 Å². The zero-order valence-corrected chi connectivity index (χ0v) is 13.4. The maximum absolute atomic E-state index is 12.1. The number of hydroxylamine groups is 1. The molecule has 0 fully saturated rings. The van der Waals surface area contributed by atoms with E-state index >= 15 is 0 Å². The van der Waals surface area contributed by atoms with Crippen molar-refractivity contribution in [1.82, 2.24) is 10.4 Å². The molecule has 122 valence electrons. The highest BCUT2D eigenvalue weighted by molar-refractivity contribution is 5.96. The van der Waals surface area contributed by atoms with Gasteiger partial charge in [0.1, 0.15) is 6.42 Å². The average molecular weight is 306 g/mol. The number of nitrogens with zero attached hydrogens (tertiary/aromatic N) is 1. The summed E-state index contributed by atoms with van der Waals surface area (Å²) in [7, 11) is 0. The normalized spacial score (nSPS) is 10.5. The highest BCUT2D eigenvalue weighted by atomic mass is 16.5. The van der Waals surface area contributed by atoms with E-state index in [-0.39, 0.29) is 12.3 Å². The number of carbonyl (C=O) groups is 2. The zero-order chi connectivity index (χ0) is 16.4. The molecule has 2 N–H and O–H groups in total. The minimum Gasteiger partial charge on any atom is -0.342 e. The number of amides is 2. The molecule has 0 aliphatic heterocycles. The Morgan fingerprint density at radius 1 is 1.18 bits per heavy atom. The van der Waals surface area contributed by atoms with Crippen LogP contribution in [0.1, 0.15) is 38.7 Å². The Kier molecular flexibility index (Phi) is 8.22. The zero-order valence-electron chi connectivity index (χ0n) is 13.4. The lowest BCUT2D eigenvalue weighted by molar-refractivity contribution is -0.139. The van der Waals surface area contributed by atoms with E-state index in [1.54, 1.807) is 4.90 Å². The number of carbonyl (C=O) groups excluding carboxylic acids is 2. The third kappa shape index (κ3) is 7.22. The number of hydrogen-bond acceptors (Lipinski definition) is 3. The molecule has 0 aliphatic carbocycles. The first kappa shape index (κ1) is 18.2. The lowest BCUT2D eigenvalue weighted by Gasteiger charge is -2.24. The van der Waals surface area contributed by atoms with Crippen LogP contribution in [0.3, 0.4) is 0 Å². The molecule has 5 heteroatoms. The van der Waals surface area contributed by atoms with Crippen LogP contribution in [0.5, 0.6) is 0 Å². The fourth-order valence-corrected chi connectivity index (χ4v) is 2.32. The number of nitrogens with one attached hydrogen (secondary N) is 1. The van der Waals surface area contributed by atoms with Crippen LogP contribution >= 0.6 is 0 Å². The van der Waals surface area contributed by atoms with Crippen molar-refractivity contribution in [1.29, 1.82) is 0 Å². The first-order chi connectivity index (χ1) is 10.5. The van der Waals surface area contributed by atoms with E-state index in [9.17, 15) is 9.59 Å². The van der Waals surface area contributed by atoms with E-state index < -0.39 is 5.91 Å². The van der Waals surface area contributed by atoms with Crippen LogP contribution in [0.2, 0.25) is 0 Å². The lowest BCUT2D eigenvalue weighted by atomic mass is 10.1. The number of hydrogen-bond donors (Lipinski definition) is 2. The van der Waals surface area contributed by atoms with Crippen LogP contribution < -0.4 is 5.48 Å². The maximum atomic E-state index is 12.1. The molecule has 0 heterocycles. The Morgan fingerprint density at radius 2 is 1.86 bits per heavy atom. The standard InChI is InChI=1S/C17H26N2O3/c1-14(2)13-19(17(21)12-16(20)18-22)11-7-6-10-15-8-4-3-5-9-15/h3-5,8-9,14,22H,6-7,10-13H2,1-2H3,(H,18,20). The first-order valence-electron chi connectivity index (χ1n) is 7.77. The molecule has 0 spiro atoms. The smallest absolute Gasteiger partial charge is 0.252 e. The summed E-state index contributed by atoms with van der Waals surface area (Å²) in [6, 6.07) is 10.2. The molecule has 0 saturated heterocycles. The summed E-state index contributed by atoms with van der Waals surface area (Å²) >= 11 is 0. The summed E-state index contributed by atoms with van der Waals surface area (Å²) in [5, 5.41) is 8.52. The highest BCUT2D eigenvalue weighted by Crippen LogP contribution is 2.08. The molecule has 1 aromatic carbocycles. The molecule has 0 bridgehead atoms. The lowest BCUT2D eigenvalue weighted by Crippen LogP contribution is -2.38. The number of benzene rings is 1. The molecule has 0 radical (unpaired) electrons. The van der Waals surface area contributed by atoms with Gasteiger partial charge in [-0.25, -0.2) is 5.48 Å². The third-order valence-electron chi connectivity index (χ3n) is 3.36. The summed E-state index contributed by atoms with van der Waals surface area (Å²) < 4.78 is 0. The molecule has 0 aromatic heterocycles. The molecule has 0 saturated carbocycles. The number of aryl methyl sites for hydroxylation is 1. The van der Waals surface area contributed by atoms with Gasteiger partial charge in [0.15, 0.2) is 0 Å². The van der Waals surface area contributed by atoms with Gasteiger partial charge in [-0.2, -0.15) is 0 Å². The van der Waals surface area contributed by atoms with Gasteiger partial charge in [0.25, 0.3) is 5.91 Å². The largest absolute Gasteiger partial charge is 0.342 e. The van der Waals surface area contributed by atoms with Gasteiger partial charge >= 0.3 is 0 Å². The van der Waals surface area contributed by atoms with Crippen LogP contribution in [-0.2, 0) is 16.0 Å². The van der Waals surface area contributed by atoms with E-state index in [0.717, 1.165) is 19.3 Å². The summed E-state index contributed by atoms with van der Waals surface area (Å²) in [6.45, 7) is 5.35. The van der Waals surface area contributed by atoms with Crippen LogP contribution in [0.4, 0.5) is 0 Å². The fraction of sp³-hybridized carbons (Fsp3) is 0.529. The summed E-state index contributed by atoms with van der Waals surface area (Å²) in [6.07, 6.45) is 2.58. The summed E-state index contributed by atoms with van der Waals surface area (Å²) in [4.78, 5) is 24.9. The topological polar surface area (TPSA) is 69.6 Å². The molecule has 1 rings (SSSR count). The van der Waals surface area contributed by atoms with Crippen molar-refractivity contribution in [2.45, 2.75) is 39.5 Å². The van der Waals surface area contributed by atoms with Crippen molar-refractivity contribution < 1.29 is 14.8 Å². The van der Waals surface area contributed by atoms with Gasteiger partial charge in [0.2, 0.25) is 5.91 Å². The van der Waals surface area contributed by atoms with E-state index in [1.807, 2.05) is 32.0 Å². The number of rotatable bonds is 9. The number of unbranched alkanes of at least 4 members (excludes halogenated alkanes) is 1. The predicted octanol–water partition coefficient (Wildman–Crippen LogP) is 2.39. The Labute approximate surface area is 132 Å². The van der Waals surface area contributed by atoms with Crippen LogP contribution in [0, 0.1) is 5.92 Å². The van der Waals surface area contributed by atoms with Crippen LogP contribution in [-0.4, -0.2) is 35.0 Å². The summed E-state index contributed by atoms with van der Waals surface area (Å²) in [5.41, 5.74) is 2.80.